The summed E-state index contributed by atoms with van der Waals surface area (Å²) in [5.41, 5.74) is 1.25. The minimum atomic E-state index is 0.0425. The van der Waals surface area contributed by atoms with E-state index < -0.39 is 0 Å². The summed E-state index contributed by atoms with van der Waals surface area (Å²) in [5, 5.41) is 3.23. The van der Waals surface area contributed by atoms with Crippen molar-refractivity contribution in [3.8, 4) is 5.75 Å². The highest BCUT2D eigenvalue weighted by Crippen LogP contribution is 2.34. The molecular weight excluding hydrogens is 232 g/mol. The van der Waals surface area contributed by atoms with E-state index in [1.54, 1.807) is 7.11 Å². The summed E-state index contributed by atoms with van der Waals surface area (Å²) in [5.74, 6) is 0.898. The van der Waals surface area contributed by atoms with Crippen molar-refractivity contribution in [1.29, 1.82) is 0 Å². The number of benzene rings is 1. The van der Waals surface area contributed by atoms with Gasteiger partial charge in [-0.2, -0.15) is 0 Å². The second kappa shape index (κ2) is 4.47. The van der Waals surface area contributed by atoms with Gasteiger partial charge >= 0.3 is 0 Å². The topological polar surface area (TPSA) is 9.23 Å². The van der Waals surface area contributed by atoms with Crippen molar-refractivity contribution in [2.24, 2.45) is 0 Å². The van der Waals surface area contributed by atoms with Crippen molar-refractivity contribution < 1.29 is 4.74 Å². The van der Waals surface area contributed by atoms with Gasteiger partial charge in [0.15, 0.2) is 0 Å². The van der Waals surface area contributed by atoms with Crippen molar-refractivity contribution in [2.75, 3.05) is 12.2 Å². The second-order valence-electron chi connectivity index (χ2n) is 2.85. The number of hydrogen-bond acceptors (Lipinski definition) is 3. The van der Waals surface area contributed by atoms with E-state index in [0.29, 0.717) is 0 Å². The van der Waals surface area contributed by atoms with Crippen LogP contribution in [-0.2, 0) is 20.6 Å². The summed E-state index contributed by atoms with van der Waals surface area (Å²) in [6.45, 7) is 0. The van der Waals surface area contributed by atoms with Crippen LogP contribution in [-0.4, -0.2) is 12.2 Å². The van der Waals surface area contributed by atoms with Gasteiger partial charge in [0.05, 0.1) is 12.2 Å². The van der Waals surface area contributed by atoms with E-state index in [9.17, 15) is 0 Å². The minimum Gasteiger partial charge on any atom is -0.497 e. The number of methoxy groups -OCH3 is 1. The molecule has 1 atom stereocenters. The molecule has 0 radical (unpaired) electrons. The first-order valence-corrected chi connectivity index (χ1v) is 7.52. The molecule has 0 fully saturated rings. The van der Waals surface area contributed by atoms with Crippen molar-refractivity contribution in [3.63, 3.8) is 0 Å². The fourth-order valence-electron chi connectivity index (χ4n) is 1.22. The van der Waals surface area contributed by atoms with Gasteiger partial charge in [0.2, 0.25) is 0 Å². The fourth-order valence-corrected chi connectivity index (χ4v) is 4.66. The van der Waals surface area contributed by atoms with E-state index in [1.165, 1.54) is 10.5 Å². The maximum Gasteiger partial charge on any atom is 0.118 e. The number of thioether (sulfide) groups is 1. The quantitative estimate of drug-likeness (QED) is 0.789. The molecular formula is C10H10OS3. The zero-order valence-corrected chi connectivity index (χ0v) is 10.2. The lowest BCUT2D eigenvalue weighted by atomic mass is 10.2. The van der Waals surface area contributed by atoms with E-state index in [2.05, 4.69) is 17.5 Å². The van der Waals surface area contributed by atoms with Crippen LogP contribution >= 0.6 is 11.8 Å². The molecule has 0 spiro atoms. The Bertz CT molecular complexity index is 381. The van der Waals surface area contributed by atoms with Gasteiger partial charge in [-0.15, -0.1) is 11.8 Å². The Morgan fingerprint density at radius 1 is 1.36 bits per heavy atom. The van der Waals surface area contributed by atoms with Gasteiger partial charge in [-0.3, -0.25) is 0 Å². The summed E-state index contributed by atoms with van der Waals surface area (Å²) < 4.78 is 5.11. The summed E-state index contributed by atoms with van der Waals surface area (Å²) in [4.78, 5) is 1.31. The highest BCUT2D eigenvalue weighted by Gasteiger charge is 2.10. The fraction of sp³-hybridized carbons (Fsp3) is 0.200. The molecule has 0 saturated carbocycles. The first kappa shape index (κ1) is 10.2. The van der Waals surface area contributed by atoms with Crippen LogP contribution in [0.2, 0.25) is 0 Å². The largest absolute Gasteiger partial charge is 0.497 e. The van der Waals surface area contributed by atoms with E-state index in [-0.39, 0.29) is 9.45 Å². The molecule has 2 rings (SSSR count). The summed E-state index contributed by atoms with van der Waals surface area (Å²) in [7, 11) is 1.72. The molecule has 0 bridgehead atoms. The highest BCUT2D eigenvalue weighted by molar-refractivity contribution is 8.38. The molecule has 1 nitrogen and oxygen atoms in total. The number of ether oxygens (including phenoxy) is 1. The molecule has 14 heavy (non-hydrogen) atoms. The van der Waals surface area contributed by atoms with Crippen molar-refractivity contribution in [2.45, 2.75) is 0 Å². The van der Waals surface area contributed by atoms with Crippen LogP contribution < -0.4 is 4.74 Å². The van der Waals surface area contributed by atoms with Gasteiger partial charge in [-0.1, -0.05) is 21.6 Å². The molecule has 1 aromatic carbocycles. The van der Waals surface area contributed by atoms with Crippen LogP contribution in [0.3, 0.4) is 0 Å². The van der Waals surface area contributed by atoms with Gasteiger partial charge in [-0.25, -0.2) is 0 Å². The smallest absolute Gasteiger partial charge is 0.118 e. The van der Waals surface area contributed by atoms with Crippen molar-refractivity contribution >= 4 is 37.3 Å². The van der Waals surface area contributed by atoms with Crippen LogP contribution in [0.5, 0.6) is 5.75 Å². The molecule has 1 aromatic rings. The zero-order valence-electron chi connectivity index (χ0n) is 7.73. The number of hydrogen-bond donors (Lipinski definition) is 0. The summed E-state index contributed by atoms with van der Waals surface area (Å²) in [6.07, 6.45) is 0. The Hall–Kier alpha value is -0.320. The summed E-state index contributed by atoms with van der Waals surface area (Å²) in [6, 6.07) is 8.12. The average Bonchev–Trinajstić information content (AvgIpc) is 2.65. The highest BCUT2D eigenvalue weighted by atomic mass is 32.8. The molecule has 1 unspecified atom stereocenters. The normalized spacial score (nSPS) is 20.6. The Morgan fingerprint density at radius 3 is 2.57 bits per heavy atom. The third-order valence-electron chi connectivity index (χ3n) is 1.94. The molecule has 0 aromatic heterocycles. The average molecular weight is 242 g/mol. The first-order valence-electron chi connectivity index (χ1n) is 4.16. The monoisotopic (exact) mass is 242 g/mol. The van der Waals surface area contributed by atoms with E-state index in [1.807, 2.05) is 23.9 Å². The maximum absolute atomic E-state index is 5.23. The van der Waals surface area contributed by atoms with Gasteiger partial charge in [0.1, 0.15) is 5.75 Å². The minimum absolute atomic E-state index is 0.0425. The van der Waals surface area contributed by atoms with Crippen LogP contribution in [0.25, 0.3) is 4.91 Å². The van der Waals surface area contributed by atoms with E-state index >= 15 is 0 Å². The predicted molar refractivity (Wildman–Crippen MR) is 68.2 cm³/mol. The Balaban J connectivity index is 2.25. The second-order valence-corrected chi connectivity index (χ2v) is 6.81. The third kappa shape index (κ3) is 2.19. The molecule has 0 aliphatic carbocycles. The molecule has 1 aliphatic heterocycles. The molecule has 74 valence electrons. The molecule has 4 heteroatoms. The van der Waals surface area contributed by atoms with Gasteiger partial charge in [0.25, 0.3) is 0 Å². The zero-order chi connectivity index (χ0) is 9.97. The Kier molecular flexibility index (Phi) is 3.26. The number of rotatable bonds is 2. The first-order chi connectivity index (χ1) is 6.79. The third-order valence-corrected chi connectivity index (χ3v) is 5.81. The van der Waals surface area contributed by atoms with Crippen molar-refractivity contribution in [3.05, 3.63) is 35.2 Å². The predicted octanol–water partition coefficient (Wildman–Crippen LogP) is 2.78. The standard InChI is InChI=1S/C10H10OS3/c1-11-9-4-2-8(3-5-9)10-6-14(12)7-13-10/h2-6H,7H2,1H3. The van der Waals surface area contributed by atoms with Gasteiger partial charge in [-0.05, 0) is 34.3 Å². The molecule has 1 heterocycles. The van der Waals surface area contributed by atoms with Crippen LogP contribution in [0.15, 0.2) is 29.7 Å². The lowest BCUT2D eigenvalue weighted by Crippen LogP contribution is -1.82. The van der Waals surface area contributed by atoms with Gasteiger partial charge < -0.3 is 4.74 Å². The van der Waals surface area contributed by atoms with Crippen molar-refractivity contribution in [1.82, 2.24) is 0 Å². The molecule has 0 saturated heterocycles. The lowest BCUT2D eigenvalue weighted by Gasteiger charge is -2.02. The van der Waals surface area contributed by atoms with Crippen LogP contribution in [0, 0.1) is 0 Å². The Labute approximate surface area is 95.1 Å². The molecule has 1 aliphatic rings. The van der Waals surface area contributed by atoms with E-state index in [4.69, 9.17) is 15.9 Å². The van der Waals surface area contributed by atoms with Crippen LogP contribution in [0.4, 0.5) is 0 Å². The SMILES string of the molecule is COc1ccc(C2=CS(=S)CS2)cc1. The van der Waals surface area contributed by atoms with E-state index in [0.717, 1.165) is 10.8 Å². The molecule has 0 amide bonds. The lowest BCUT2D eigenvalue weighted by molar-refractivity contribution is 0.415. The van der Waals surface area contributed by atoms with Gasteiger partial charge in [0, 0.05) is 4.91 Å². The summed E-state index contributed by atoms with van der Waals surface area (Å²) >= 11 is 7.08. The Morgan fingerprint density at radius 2 is 2.07 bits per heavy atom. The maximum atomic E-state index is 5.23. The van der Waals surface area contributed by atoms with Crippen LogP contribution in [0.1, 0.15) is 5.56 Å². The molecule has 0 N–H and O–H groups in total.